The molecule has 0 spiro atoms. The fraction of sp³-hybridized carbons (Fsp3) is 0.692. The van der Waals surface area contributed by atoms with E-state index in [-0.39, 0.29) is 11.1 Å². The molecule has 1 aromatic rings. The van der Waals surface area contributed by atoms with Gasteiger partial charge in [-0.3, -0.25) is 4.79 Å². The fourth-order valence-corrected chi connectivity index (χ4v) is 1.63. The van der Waals surface area contributed by atoms with Crippen molar-refractivity contribution in [3.05, 3.63) is 22.7 Å². The van der Waals surface area contributed by atoms with Crippen LogP contribution in [0.25, 0.3) is 0 Å². The average molecular weight is 268 g/mol. The number of hydrogen-bond donors (Lipinski definition) is 2. The Balaban J connectivity index is 2.53. The van der Waals surface area contributed by atoms with Crippen LogP contribution in [0.5, 0.6) is 0 Å². The van der Waals surface area contributed by atoms with Gasteiger partial charge in [-0.1, -0.05) is 0 Å². The quantitative estimate of drug-likeness (QED) is 0.711. The molecule has 0 aromatic carbocycles. The van der Waals surface area contributed by atoms with Crippen molar-refractivity contribution < 1.29 is 4.74 Å². The van der Waals surface area contributed by atoms with Gasteiger partial charge in [-0.15, -0.1) is 0 Å². The van der Waals surface area contributed by atoms with Gasteiger partial charge in [-0.05, 0) is 20.8 Å². The molecule has 0 saturated heterocycles. The zero-order chi connectivity index (χ0) is 14.3. The summed E-state index contributed by atoms with van der Waals surface area (Å²) in [7, 11) is 1.67. The Morgan fingerprint density at radius 3 is 2.68 bits per heavy atom. The first-order valence-corrected chi connectivity index (χ1v) is 6.48. The molecular weight excluding hydrogens is 244 g/mol. The largest absolute Gasteiger partial charge is 0.383 e. The van der Waals surface area contributed by atoms with Crippen molar-refractivity contribution in [1.82, 2.24) is 14.9 Å². The third-order valence-electron chi connectivity index (χ3n) is 2.64. The van der Waals surface area contributed by atoms with Crippen LogP contribution in [0.15, 0.2) is 17.2 Å². The molecule has 0 atom stereocenters. The van der Waals surface area contributed by atoms with E-state index in [4.69, 9.17) is 4.74 Å². The molecule has 0 amide bonds. The highest BCUT2D eigenvalue weighted by atomic mass is 16.5. The Hall–Kier alpha value is -1.40. The molecule has 108 valence electrons. The number of ether oxygens (including phenoxy) is 1. The summed E-state index contributed by atoms with van der Waals surface area (Å²) in [6.07, 6.45) is 3.36. The number of nitrogens with one attached hydrogen (secondary N) is 2. The number of anilines is 1. The predicted molar refractivity (Wildman–Crippen MR) is 76.7 cm³/mol. The summed E-state index contributed by atoms with van der Waals surface area (Å²) in [5.74, 6) is 0.394. The van der Waals surface area contributed by atoms with Crippen molar-refractivity contribution >= 4 is 5.82 Å². The van der Waals surface area contributed by atoms with Crippen LogP contribution in [-0.4, -0.2) is 42.9 Å². The van der Waals surface area contributed by atoms with Crippen molar-refractivity contribution in [3.8, 4) is 0 Å². The molecule has 19 heavy (non-hydrogen) atoms. The third-order valence-corrected chi connectivity index (χ3v) is 2.64. The average Bonchev–Trinajstić information content (AvgIpc) is 2.34. The lowest BCUT2D eigenvalue weighted by atomic mass is 10.1. The van der Waals surface area contributed by atoms with E-state index >= 15 is 0 Å². The Bertz CT molecular complexity index is 437. The van der Waals surface area contributed by atoms with Crippen LogP contribution in [0.2, 0.25) is 0 Å². The van der Waals surface area contributed by atoms with Crippen LogP contribution < -0.4 is 16.2 Å². The Morgan fingerprint density at radius 1 is 1.32 bits per heavy atom. The molecule has 0 unspecified atom stereocenters. The van der Waals surface area contributed by atoms with Crippen molar-refractivity contribution in [3.63, 3.8) is 0 Å². The molecule has 0 aliphatic heterocycles. The van der Waals surface area contributed by atoms with Crippen LogP contribution in [0, 0.1) is 0 Å². The number of nitrogens with zero attached hydrogens (tertiary/aromatic N) is 2. The van der Waals surface area contributed by atoms with Gasteiger partial charge < -0.3 is 19.9 Å². The van der Waals surface area contributed by atoms with E-state index < -0.39 is 0 Å². The van der Waals surface area contributed by atoms with Crippen LogP contribution in [0.1, 0.15) is 20.8 Å². The first-order chi connectivity index (χ1) is 8.96. The summed E-state index contributed by atoms with van der Waals surface area (Å²) in [5, 5.41) is 6.25. The summed E-state index contributed by atoms with van der Waals surface area (Å²) in [5.41, 5.74) is -0.334. The standard InChI is InChI=1S/C13H24N4O2/c1-13(2,3)17-9-7-16-11(12(17)18)15-6-5-14-8-10-19-4/h7,9,14H,5-6,8,10H2,1-4H3,(H,15,16). The molecule has 0 aliphatic carbocycles. The Morgan fingerprint density at radius 2 is 2.05 bits per heavy atom. The molecule has 1 rings (SSSR count). The molecule has 0 fully saturated rings. The smallest absolute Gasteiger partial charge is 0.293 e. The second-order valence-electron chi connectivity index (χ2n) is 5.29. The van der Waals surface area contributed by atoms with E-state index in [0.29, 0.717) is 19.0 Å². The van der Waals surface area contributed by atoms with E-state index in [1.165, 1.54) is 0 Å². The monoisotopic (exact) mass is 268 g/mol. The molecule has 2 N–H and O–H groups in total. The first-order valence-electron chi connectivity index (χ1n) is 6.48. The maximum absolute atomic E-state index is 12.2. The minimum Gasteiger partial charge on any atom is -0.383 e. The molecule has 1 aromatic heterocycles. The minimum atomic E-state index is -0.243. The van der Waals surface area contributed by atoms with Crippen molar-refractivity contribution in [2.24, 2.45) is 0 Å². The summed E-state index contributed by atoms with van der Waals surface area (Å²) in [4.78, 5) is 16.3. The third kappa shape index (κ3) is 5.00. The van der Waals surface area contributed by atoms with Gasteiger partial charge in [0.25, 0.3) is 5.56 Å². The van der Waals surface area contributed by atoms with Crippen molar-refractivity contribution in [2.75, 3.05) is 38.7 Å². The number of aromatic nitrogens is 2. The Kier molecular flexibility index (Phi) is 5.98. The van der Waals surface area contributed by atoms with Crippen molar-refractivity contribution in [2.45, 2.75) is 26.3 Å². The fourth-order valence-electron chi connectivity index (χ4n) is 1.63. The topological polar surface area (TPSA) is 68.2 Å². The van der Waals surface area contributed by atoms with Gasteiger partial charge in [-0.25, -0.2) is 4.98 Å². The van der Waals surface area contributed by atoms with Crippen LogP contribution in [0.4, 0.5) is 5.82 Å². The zero-order valence-electron chi connectivity index (χ0n) is 12.2. The van der Waals surface area contributed by atoms with Crippen LogP contribution >= 0.6 is 0 Å². The number of methoxy groups -OCH3 is 1. The number of hydrogen-bond acceptors (Lipinski definition) is 5. The maximum atomic E-state index is 12.2. The normalized spacial score (nSPS) is 11.6. The van der Waals surface area contributed by atoms with E-state index in [0.717, 1.165) is 13.1 Å². The predicted octanol–water partition coefficient (Wildman–Crippen LogP) is 0.646. The highest BCUT2D eigenvalue weighted by molar-refractivity contribution is 5.31. The zero-order valence-corrected chi connectivity index (χ0v) is 12.2. The van der Waals surface area contributed by atoms with Gasteiger partial charge in [0.15, 0.2) is 5.82 Å². The molecule has 0 radical (unpaired) electrons. The SMILES string of the molecule is COCCNCCNc1nccn(C(C)(C)C)c1=O. The lowest BCUT2D eigenvalue weighted by Crippen LogP contribution is -2.36. The molecule has 1 heterocycles. The maximum Gasteiger partial charge on any atom is 0.293 e. The lowest BCUT2D eigenvalue weighted by Gasteiger charge is -2.22. The highest BCUT2D eigenvalue weighted by Gasteiger charge is 2.16. The molecule has 0 bridgehead atoms. The molecule has 6 nitrogen and oxygen atoms in total. The van der Waals surface area contributed by atoms with Gasteiger partial charge in [0, 0.05) is 44.7 Å². The molecule has 0 saturated carbocycles. The van der Waals surface area contributed by atoms with Gasteiger partial charge in [-0.2, -0.15) is 0 Å². The summed E-state index contributed by atoms with van der Waals surface area (Å²) in [6, 6.07) is 0. The van der Waals surface area contributed by atoms with Gasteiger partial charge >= 0.3 is 0 Å². The van der Waals surface area contributed by atoms with E-state index in [1.54, 1.807) is 24.1 Å². The lowest BCUT2D eigenvalue weighted by molar-refractivity contribution is 0.200. The summed E-state index contributed by atoms with van der Waals surface area (Å²) >= 11 is 0. The second kappa shape index (κ2) is 7.25. The van der Waals surface area contributed by atoms with Crippen LogP contribution in [0.3, 0.4) is 0 Å². The van der Waals surface area contributed by atoms with Gasteiger partial charge in [0.1, 0.15) is 0 Å². The Labute approximate surface area is 114 Å². The van der Waals surface area contributed by atoms with E-state index in [2.05, 4.69) is 15.6 Å². The molecule has 0 aliphatic rings. The molecular formula is C13H24N4O2. The van der Waals surface area contributed by atoms with Gasteiger partial charge in [0.05, 0.1) is 6.61 Å². The van der Waals surface area contributed by atoms with Crippen LogP contribution in [-0.2, 0) is 10.3 Å². The van der Waals surface area contributed by atoms with Crippen molar-refractivity contribution in [1.29, 1.82) is 0 Å². The molecule has 6 heteroatoms. The second-order valence-corrected chi connectivity index (χ2v) is 5.29. The van der Waals surface area contributed by atoms with Gasteiger partial charge in [0.2, 0.25) is 0 Å². The first kappa shape index (κ1) is 15.7. The highest BCUT2D eigenvalue weighted by Crippen LogP contribution is 2.10. The van der Waals surface area contributed by atoms with E-state index in [9.17, 15) is 4.79 Å². The summed E-state index contributed by atoms with van der Waals surface area (Å²) < 4.78 is 6.61. The number of rotatable bonds is 7. The minimum absolute atomic E-state index is 0.0908. The summed E-state index contributed by atoms with van der Waals surface area (Å²) in [6.45, 7) is 8.86. The van der Waals surface area contributed by atoms with E-state index in [1.807, 2.05) is 20.8 Å².